The van der Waals surface area contributed by atoms with E-state index in [2.05, 4.69) is 4.98 Å². The van der Waals surface area contributed by atoms with E-state index in [9.17, 15) is 39.4 Å². The minimum atomic E-state index is -4.16. The van der Waals surface area contributed by atoms with Gasteiger partial charge in [0.2, 0.25) is 0 Å². The quantitative estimate of drug-likeness (QED) is 0.156. The molecule has 0 amide bonds. The highest BCUT2D eigenvalue weighted by Crippen LogP contribution is 2.49. The van der Waals surface area contributed by atoms with E-state index < -0.39 is 91.5 Å². The zero-order chi connectivity index (χ0) is 27.8. The summed E-state index contributed by atoms with van der Waals surface area (Å²) in [4.78, 5) is 61.7. The van der Waals surface area contributed by atoms with Crippen molar-refractivity contribution in [1.29, 1.82) is 0 Å². The van der Waals surface area contributed by atoms with Crippen molar-refractivity contribution in [3.05, 3.63) is 66.2 Å². The highest BCUT2D eigenvalue weighted by molar-refractivity contribution is 8.07. The molecule has 2 aliphatic heterocycles. The molecule has 2 aromatic heterocycles. The van der Waals surface area contributed by atoms with Crippen LogP contribution < -0.4 is 22.5 Å². The molecule has 0 bridgehead atoms. The van der Waals surface area contributed by atoms with Gasteiger partial charge in [-0.25, -0.2) is 9.59 Å². The molecule has 38 heavy (non-hydrogen) atoms. The number of aromatic nitrogens is 4. The lowest BCUT2D eigenvalue weighted by atomic mass is 10.1. The summed E-state index contributed by atoms with van der Waals surface area (Å²) in [6.45, 7) is -5.37. The second kappa shape index (κ2) is 11.4. The lowest BCUT2D eigenvalue weighted by Crippen LogP contribution is -2.40. The Bertz CT molecular complexity index is 1420. The maximum Gasteiger partial charge on any atom is 0.330 e. The lowest BCUT2D eigenvalue weighted by molar-refractivity contribution is -0.0625. The van der Waals surface area contributed by atoms with Gasteiger partial charge in [0.15, 0.2) is 12.5 Å². The molecule has 9 atom stereocenters. The van der Waals surface area contributed by atoms with Crippen LogP contribution in [0.4, 0.5) is 0 Å². The van der Waals surface area contributed by atoms with Gasteiger partial charge in [0.05, 0.1) is 13.2 Å². The molecule has 19 heteroatoms. The van der Waals surface area contributed by atoms with E-state index in [0.717, 1.165) is 33.7 Å². The number of rotatable bonds is 9. The number of nitrogens with zero attached hydrogens (tertiary/aromatic N) is 2. The summed E-state index contributed by atoms with van der Waals surface area (Å²) in [6.07, 6.45) is -8.22. The summed E-state index contributed by atoms with van der Waals surface area (Å²) < 4.78 is 29.3. The third-order valence-electron chi connectivity index (χ3n) is 5.98. The topological polar surface area (TPSA) is 237 Å². The van der Waals surface area contributed by atoms with Crippen LogP contribution in [0.5, 0.6) is 0 Å². The number of methoxy groups -OCH3 is 1. The second-order valence-corrected chi connectivity index (χ2v) is 11.2. The Morgan fingerprint density at radius 1 is 0.947 bits per heavy atom. The molecule has 6 N–H and O–H groups in total. The van der Waals surface area contributed by atoms with E-state index >= 15 is 0 Å². The van der Waals surface area contributed by atoms with Crippen molar-refractivity contribution in [2.24, 2.45) is 0 Å². The molecule has 2 fully saturated rings. The number of nitrogens with one attached hydrogen (secondary N) is 2. The average Bonchev–Trinajstić information content (AvgIpc) is 3.34. The zero-order valence-electron chi connectivity index (χ0n) is 19.6. The fourth-order valence-electron chi connectivity index (χ4n) is 4.16. The van der Waals surface area contributed by atoms with Crippen molar-refractivity contribution in [3.8, 4) is 0 Å². The van der Waals surface area contributed by atoms with Crippen LogP contribution in [0.3, 0.4) is 0 Å². The van der Waals surface area contributed by atoms with Crippen LogP contribution in [0.15, 0.2) is 43.7 Å². The van der Waals surface area contributed by atoms with Crippen molar-refractivity contribution in [1.82, 2.24) is 19.1 Å². The Morgan fingerprint density at radius 2 is 1.50 bits per heavy atom. The van der Waals surface area contributed by atoms with Crippen molar-refractivity contribution < 1.29 is 43.5 Å². The maximum absolute atomic E-state index is 12.2. The van der Waals surface area contributed by atoms with Gasteiger partial charge in [-0.15, -0.1) is 0 Å². The molecule has 4 rings (SSSR count). The number of hydrogen-bond acceptors (Lipinski definition) is 13. The van der Waals surface area contributed by atoms with Crippen LogP contribution >= 0.6 is 6.72 Å². The number of aliphatic hydroxyl groups excluding tert-OH is 3. The molecule has 0 radical (unpaired) electrons. The predicted octanol–water partition coefficient (Wildman–Crippen LogP) is -3.77. The summed E-state index contributed by atoms with van der Waals surface area (Å²) >= 11 is 5.06. The Hall–Kier alpha value is -2.35. The van der Waals surface area contributed by atoms with Gasteiger partial charge in [-0.1, -0.05) is 0 Å². The molecule has 17 nitrogen and oxygen atoms in total. The normalized spacial score (nSPS) is 32.9. The van der Waals surface area contributed by atoms with Crippen LogP contribution in [0, 0.1) is 0 Å². The molecule has 3 unspecified atom stereocenters. The van der Waals surface area contributed by atoms with Crippen molar-refractivity contribution in [2.45, 2.75) is 49.1 Å². The van der Waals surface area contributed by atoms with Gasteiger partial charge in [-0.3, -0.25) is 33.2 Å². The predicted molar refractivity (Wildman–Crippen MR) is 128 cm³/mol. The molecule has 0 aliphatic carbocycles. The molecule has 2 aromatic rings. The first-order valence-electron chi connectivity index (χ1n) is 11.0. The second-order valence-electron chi connectivity index (χ2n) is 8.36. The third-order valence-corrected chi connectivity index (χ3v) is 7.54. The van der Waals surface area contributed by atoms with Crippen molar-refractivity contribution in [3.63, 3.8) is 0 Å². The van der Waals surface area contributed by atoms with E-state index in [0.29, 0.717) is 0 Å². The Morgan fingerprint density at radius 3 is 2.03 bits per heavy atom. The molecule has 2 saturated heterocycles. The number of ether oxygens (including phenoxy) is 3. The van der Waals surface area contributed by atoms with Crippen molar-refractivity contribution >= 4 is 18.5 Å². The molecule has 0 saturated carbocycles. The van der Waals surface area contributed by atoms with Crippen LogP contribution in [0.25, 0.3) is 0 Å². The smallest absolute Gasteiger partial charge is 0.330 e. The van der Waals surface area contributed by atoms with E-state index in [1.807, 2.05) is 4.98 Å². The highest BCUT2D eigenvalue weighted by Gasteiger charge is 2.50. The van der Waals surface area contributed by atoms with Crippen LogP contribution in [-0.2, 0) is 35.1 Å². The molecule has 0 aromatic carbocycles. The van der Waals surface area contributed by atoms with Gasteiger partial charge in [-0.05, 0) is 11.8 Å². The summed E-state index contributed by atoms with van der Waals surface area (Å²) in [5, 5.41) is 30.5. The van der Waals surface area contributed by atoms with E-state index in [4.69, 9.17) is 35.1 Å². The monoisotopic (exact) mass is 580 g/mol. The SMILES string of the molecule is CO[C@H]1C(OP(O)(=S)OC[C@H]2O[C@@H](n3ccc(=O)[nH]c3=O)[C@@H](O)C2O)[C@@H](CO)O[C@H]1n1ccc(=O)[nH]c1=O. The fraction of sp³-hybridized carbons (Fsp3) is 0.579. The van der Waals surface area contributed by atoms with Gasteiger partial charge >= 0.3 is 18.1 Å². The Balaban J connectivity index is 1.46. The lowest BCUT2D eigenvalue weighted by Gasteiger charge is -2.27. The molecule has 2 aliphatic rings. The number of H-pyrrole nitrogens is 2. The van der Waals surface area contributed by atoms with Gasteiger partial charge in [0.1, 0.15) is 36.6 Å². The molecule has 0 spiro atoms. The molecular weight excluding hydrogens is 555 g/mol. The number of hydrogen-bond donors (Lipinski definition) is 6. The molecule has 210 valence electrons. The van der Waals surface area contributed by atoms with Crippen LogP contribution in [0.2, 0.25) is 0 Å². The first kappa shape index (κ1) is 28.7. The van der Waals surface area contributed by atoms with Crippen molar-refractivity contribution in [2.75, 3.05) is 20.3 Å². The number of aromatic amines is 2. The minimum Gasteiger partial charge on any atom is -0.394 e. The summed E-state index contributed by atoms with van der Waals surface area (Å²) in [5.41, 5.74) is -3.01. The summed E-state index contributed by atoms with van der Waals surface area (Å²) in [5.74, 6) is 0. The van der Waals surface area contributed by atoms with Gasteiger partial charge in [-0.2, -0.15) is 0 Å². The van der Waals surface area contributed by atoms with Gasteiger partial charge < -0.3 is 38.9 Å². The molecular formula is C19H25N4O13PS. The third kappa shape index (κ3) is 5.80. The minimum absolute atomic E-state index is 0.585. The van der Waals surface area contributed by atoms with Gasteiger partial charge in [0.25, 0.3) is 11.1 Å². The Kier molecular flexibility index (Phi) is 8.60. The average molecular weight is 580 g/mol. The molecule has 4 heterocycles. The first-order valence-corrected chi connectivity index (χ1v) is 13.6. The van der Waals surface area contributed by atoms with Crippen LogP contribution in [-0.4, -0.2) is 96.3 Å². The van der Waals surface area contributed by atoms with E-state index in [1.54, 1.807) is 0 Å². The largest absolute Gasteiger partial charge is 0.394 e. The first-order chi connectivity index (χ1) is 18.0. The number of aliphatic hydroxyl groups is 3. The standard InChI is InChI=1S/C19H25N4O13PS/c1-32-15-14(8(6-24)34-17(15)23-5-3-11(26)21-19(23)30)36-37(31,38)33-7-9-12(27)13(28)16(35-9)22-4-2-10(25)20-18(22)29/h2-5,8-9,12-17,24,27-28H,6-7H2,1H3,(H,31,38)(H,20,25,29)(H,21,26,30)/t8-,9-,12?,13+,14?,15+,16-,17-,37?/m1/s1. The maximum atomic E-state index is 12.2. The fourth-order valence-corrected chi connectivity index (χ4v) is 5.60. The summed E-state index contributed by atoms with van der Waals surface area (Å²) in [6, 6.07) is 2.10. The van der Waals surface area contributed by atoms with Crippen LogP contribution in [0.1, 0.15) is 12.5 Å². The zero-order valence-corrected chi connectivity index (χ0v) is 21.3. The van der Waals surface area contributed by atoms with Gasteiger partial charge in [0, 0.05) is 31.6 Å². The highest BCUT2D eigenvalue weighted by atomic mass is 32.5. The van der Waals surface area contributed by atoms with E-state index in [1.165, 1.54) is 7.11 Å². The summed E-state index contributed by atoms with van der Waals surface area (Å²) in [7, 11) is 1.26. The Labute approximate surface area is 217 Å². The van der Waals surface area contributed by atoms with E-state index in [-0.39, 0.29) is 0 Å².